The first-order chi connectivity index (χ1) is 9.84. The van der Waals surface area contributed by atoms with Gasteiger partial charge in [0.1, 0.15) is 0 Å². The summed E-state index contributed by atoms with van der Waals surface area (Å²) in [6.45, 7) is 2.33. The van der Waals surface area contributed by atoms with Crippen LogP contribution in [0.4, 0.5) is 0 Å². The Balaban J connectivity index is 1.93. The Morgan fingerprint density at radius 2 is 1.70 bits per heavy atom. The number of likely N-dealkylation sites (N-methyl/N-ethyl adjacent to an activating group) is 1. The molecule has 100 valence electrons. The molecule has 20 heavy (non-hydrogen) atoms. The highest BCUT2D eigenvalue weighted by molar-refractivity contribution is 5.88. The second-order valence-electron chi connectivity index (χ2n) is 5.92. The third-order valence-electron chi connectivity index (χ3n) is 4.67. The van der Waals surface area contributed by atoms with Crippen molar-refractivity contribution < 1.29 is 0 Å². The van der Waals surface area contributed by atoms with Crippen molar-refractivity contribution in [3.63, 3.8) is 0 Å². The molecule has 1 atom stereocenters. The number of likely N-dealkylation sites (tertiary alicyclic amines) is 1. The van der Waals surface area contributed by atoms with E-state index in [2.05, 4.69) is 66.5 Å². The number of benzene rings is 2. The summed E-state index contributed by atoms with van der Waals surface area (Å²) in [4.78, 5) is 2.46. The first-order valence-electron chi connectivity index (χ1n) is 7.41. The Bertz CT molecular complexity index is 669. The van der Waals surface area contributed by atoms with Gasteiger partial charge in [-0.3, -0.25) is 0 Å². The average Bonchev–Trinajstić information content (AvgIpc) is 2.82. The predicted molar refractivity (Wildman–Crippen MR) is 83.8 cm³/mol. The van der Waals surface area contributed by atoms with Gasteiger partial charge in [-0.1, -0.05) is 60.2 Å². The highest BCUT2D eigenvalue weighted by atomic mass is 15.1. The summed E-state index contributed by atoms with van der Waals surface area (Å²) in [6, 6.07) is 19.9. The van der Waals surface area contributed by atoms with Crippen LogP contribution in [0.25, 0.3) is 5.57 Å². The van der Waals surface area contributed by atoms with Gasteiger partial charge in [-0.05, 0) is 35.7 Å². The third-order valence-corrected chi connectivity index (χ3v) is 4.67. The molecular weight excluding hydrogens is 242 g/mol. The van der Waals surface area contributed by atoms with Gasteiger partial charge in [0.25, 0.3) is 0 Å². The molecule has 0 spiro atoms. The van der Waals surface area contributed by atoms with Gasteiger partial charge >= 0.3 is 0 Å². The minimum absolute atomic E-state index is 0.597. The molecule has 1 heteroatoms. The molecule has 4 rings (SSSR count). The summed E-state index contributed by atoms with van der Waals surface area (Å²) >= 11 is 0. The zero-order valence-electron chi connectivity index (χ0n) is 11.8. The van der Waals surface area contributed by atoms with Gasteiger partial charge in [0.2, 0.25) is 0 Å². The zero-order chi connectivity index (χ0) is 13.5. The Kier molecular flexibility index (Phi) is 2.75. The largest absolute Gasteiger partial charge is 0.305 e. The number of hydrogen-bond donors (Lipinski definition) is 0. The van der Waals surface area contributed by atoms with Gasteiger partial charge < -0.3 is 4.90 Å². The molecule has 2 aromatic carbocycles. The van der Waals surface area contributed by atoms with Gasteiger partial charge in [-0.25, -0.2) is 0 Å². The van der Waals surface area contributed by atoms with Crippen LogP contribution in [0, 0.1) is 0 Å². The maximum atomic E-state index is 2.46. The van der Waals surface area contributed by atoms with Crippen molar-refractivity contribution in [1.29, 1.82) is 0 Å². The van der Waals surface area contributed by atoms with Crippen LogP contribution in [-0.4, -0.2) is 25.0 Å². The first kappa shape index (κ1) is 11.9. The van der Waals surface area contributed by atoms with Gasteiger partial charge in [-0.2, -0.15) is 0 Å². The van der Waals surface area contributed by atoms with E-state index < -0.39 is 0 Å². The normalized spacial score (nSPS) is 21.8. The van der Waals surface area contributed by atoms with E-state index in [0.29, 0.717) is 5.92 Å². The lowest BCUT2D eigenvalue weighted by Crippen LogP contribution is -2.31. The van der Waals surface area contributed by atoms with Crippen LogP contribution < -0.4 is 0 Å². The molecule has 0 unspecified atom stereocenters. The van der Waals surface area contributed by atoms with Gasteiger partial charge in [0.05, 0.1) is 0 Å². The van der Waals surface area contributed by atoms with Crippen LogP contribution >= 0.6 is 0 Å². The maximum Gasteiger partial charge on any atom is 0.0192 e. The molecule has 0 N–H and O–H groups in total. The average molecular weight is 261 g/mol. The highest BCUT2D eigenvalue weighted by Crippen LogP contribution is 2.47. The molecule has 1 aliphatic carbocycles. The molecule has 2 aromatic rings. The van der Waals surface area contributed by atoms with Gasteiger partial charge in [-0.15, -0.1) is 0 Å². The van der Waals surface area contributed by atoms with Crippen molar-refractivity contribution in [2.45, 2.75) is 12.3 Å². The summed E-state index contributed by atoms with van der Waals surface area (Å²) in [7, 11) is 2.24. The van der Waals surface area contributed by atoms with E-state index in [4.69, 9.17) is 0 Å². The van der Waals surface area contributed by atoms with Crippen LogP contribution in [0.5, 0.6) is 0 Å². The minimum atomic E-state index is 0.597. The number of nitrogens with zero attached hydrogens (tertiary/aromatic N) is 1. The lowest BCUT2D eigenvalue weighted by molar-refractivity contribution is 0.294. The van der Waals surface area contributed by atoms with E-state index >= 15 is 0 Å². The number of rotatable bonds is 1. The van der Waals surface area contributed by atoms with Crippen LogP contribution in [0.2, 0.25) is 0 Å². The highest BCUT2D eigenvalue weighted by Gasteiger charge is 2.34. The van der Waals surface area contributed by atoms with E-state index in [-0.39, 0.29) is 0 Å². The standard InChI is InChI=1S/C19H19N/c1-20-12-11-17-18(13-20)15-9-5-6-10-16(15)19(17)14-7-3-2-4-8-14/h2-10,18H,11-13H2,1H3/t18-/m1/s1. The summed E-state index contributed by atoms with van der Waals surface area (Å²) < 4.78 is 0. The van der Waals surface area contributed by atoms with Crippen LogP contribution in [0.1, 0.15) is 29.0 Å². The zero-order valence-corrected chi connectivity index (χ0v) is 11.8. The SMILES string of the molecule is CN1CCC2=C(c3ccccc3)c3ccccc3[C@H]2C1. The van der Waals surface area contributed by atoms with E-state index in [1.807, 2.05) is 0 Å². The molecule has 0 bridgehead atoms. The summed E-state index contributed by atoms with van der Waals surface area (Å²) in [6.07, 6.45) is 1.19. The van der Waals surface area contributed by atoms with E-state index in [1.54, 1.807) is 5.57 Å². The molecule has 1 saturated heterocycles. The lowest BCUT2D eigenvalue weighted by atomic mass is 9.89. The van der Waals surface area contributed by atoms with Crippen LogP contribution in [-0.2, 0) is 0 Å². The molecule has 2 aliphatic rings. The Labute approximate surface area is 120 Å². The molecule has 1 heterocycles. The quantitative estimate of drug-likeness (QED) is 0.752. The lowest BCUT2D eigenvalue weighted by Gasteiger charge is -2.30. The topological polar surface area (TPSA) is 3.24 Å². The fourth-order valence-corrected chi connectivity index (χ4v) is 3.73. The minimum Gasteiger partial charge on any atom is -0.305 e. The summed E-state index contributed by atoms with van der Waals surface area (Å²) in [5.74, 6) is 0.597. The van der Waals surface area contributed by atoms with E-state index in [1.165, 1.54) is 35.2 Å². The monoisotopic (exact) mass is 261 g/mol. The van der Waals surface area contributed by atoms with Crippen LogP contribution in [0.15, 0.2) is 60.2 Å². The number of fused-ring (bicyclic) bond motifs is 3. The summed E-state index contributed by atoms with van der Waals surface area (Å²) in [5, 5.41) is 0. The smallest absolute Gasteiger partial charge is 0.0192 e. The van der Waals surface area contributed by atoms with Gasteiger partial charge in [0.15, 0.2) is 0 Å². The van der Waals surface area contributed by atoms with Crippen molar-refractivity contribution in [3.05, 3.63) is 76.9 Å². The Hall–Kier alpha value is -1.86. The second-order valence-corrected chi connectivity index (χ2v) is 5.92. The Morgan fingerprint density at radius 3 is 2.55 bits per heavy atom. The molecule has 0 radical (unpaired) electrons. The van der Waals surface area contributed by atoms with Gasteiger partial charge in [0, 0.05) is 19.0 Å². The predicted octanol–water partition coefficient (Wildman–Crippen LogP) is 3.92. The molecule has 1 fully saturated rings. The third kappa shape index (κ3) is 1.74. The van der Waals surface area contributed by atoms with Crippen molar-refractivity contribution in [3.8, 4) is 0 Å². The van der Waals surface area contributed by atoms with E-state index in [9.17, 15) is 0 Å². The first-order valence-corrected chi connectivity index (χ1v) is 7.41. The number of piperidine rings is 1. The second kappa shape index (κ2) is 4.60. The molecule has 0 aromatic heterocycles. The van der Waals surface area contributed by atoms with Crippen molar-refractivity contribution >= 4 is 5.57 Å². The Morgan fingerprint density at radius 1 is 0.950 bits per heavy atom. The molecular formula is C19H19N. The van der Waals surface area contributed by atoms with Crippen LogP contribution in [0.3, 0.4) is 0 Å². The van der Waals surface area contributed by atoms with Crippen molar-refractivity contribution in [2.75, 3.05) is 20.1 Å². The molecule has 1 aliphatic heterocycles. The fourth-order valence-electron chi connectivity index (χ4n) is 3.73. The van der Waals surface area contributed by atoms with E-state index in [0.717, 1.165) is 6.54 Å². The molecule has 0 saturated carbocycles. The van der Waals surface area contributed by atoms with Crippen molar-refractivity contribution in [1.82, 2.24) is 4.90 Å². The van der Waals surface area contributed by atoms with Crippen molar-refractivity contribution in [2.24, 2.45) is 0 Å². The fraction of sp³-hybridized carbons (Fsp3) is 0.263. The summed E-state index contributed by atoms with van der Waals surface area (Å²) in [5.41, 5.74) is 7.50. The number of hydrogen-bond acceptors (Lipinski definition) is 1. The maximum absolute atomic E-state index is 2.46. The molecule has 1 nitrogen and oxygen atoms in total. The molecule has 0 amide bonds.